The third-order valence-corrected chi connectivity index (χ3v) is 6.35. The van der Waals surface area contributed by atoms with E-state index >= 15 is 0 Å². The first kappa shape index (κ1) is 23.4. The van der Waals surface area contributed by atoms with Gasteiger partial charge in [0, 0.05) is 18.5 Å². The predicted octanol–water partition coefficient (Wildman–Crippen LogP) is 4.91. The lowest BCUT2D eigenvalue weighted by Crippen LogP contribution is -2.44. The van der Waals surface area contributed by atoms with Crippen LogP contribution in [0.2, 0.25) is 0 Å². The molecule has 0 saturated carbocycles. The fraction of sp³-hybridized carbons (Fsp3) is 0.207. The van der Waals surface area contributed by atoms with Crippen molar-refractivity contribution in [3.05, 3.63) is 119 Å². The highest BCUT2D eigenvalue weighted by Crippen LogP contribution is 2.27. The number of aromatic nitrogens is 2. The summed E-state index contributed by atoms with van der Waals surface area (Å²) in [4.78, 5) is 28.0. The van der Waals surface area contributed by atoms with E-state index in [1.54, 1.807) is 16.5 Å². The summed E-state index contributed by atoms with van der Waals surface area (Å²) in [5.74, 6) is -0.475. The number of rotatable bonds is 6. The number of carbonyl (C=O) groups is 2. The van der Waals surface area contributed by atoms with Crippen LogP contribution in [-0.2, 0) is 17.7 Å². The SMILES string of the molecule is CCOC(=O)c1nn(-c2ccccc2)c2c1CN(C(=O)NC(c1ccccc1)c1ccccc1)CC2. The van der Waals surface area contributed by atoms with Crippen LogP contribution in [0.25, 0.3) is 5.69 Å². The van der Waals surface area contributed by atoms with Gasteiger partial charge in [-0.3, -0.25) is 0 Å². The second kappa shape index (κ2) is 10.5. The Bertz CT molecular complexity index is 1300. The maximum Gasteiger partial charge on any atom is 0.359 e. The van der Waals surface area contributed by atoms with Crippen LogP contribution in [0.15, 0.2) is 91.0 Å². The number of para-hydroxylation sites is 1. The topological polar surface area (TPSA) is 76.5 Å². The Morgan fingerprint density at radius 3 is 2.08 bits per heavy atom. The highest BCUT2D eigenvalue weighted by atomic mass is 16.5. The summed E-state index contributed by atoms with van der Waals surface area (Å²) in [7, 11) is 0. The minimum atomic E-state index is -0.475. The van der Waals surface area contributed by atoms with Gasteiger partial charge in [0.25, 0.3) is 0 Å². The number of hydrogen-bond donors (Lipinski definition) is 1. The van der Waals surface area contributed by atoms with Crippen LogP contribution in [0.5, 0.6) is 0 Å². The Kier molecular flexibility index (Phi) is 6.80. The summed E-state index contributed by atoms with van der Waals surface area (Å²) < 4.78 is 7.08. The van der Waals surface area contributed by atoms with Crippen molar-refractivity contribution < 1.29 is 14.3 Å². The number of fused-ring (bicyclic) bond motifs is 1. The smallest absolute Gasteiger partial charge is 0.359 e. The number of nitrogens with one attached hydrogen (secondary N) is 1. The number of amides is 2. The predicted molar refractivity (Wildman–Crippen MR) is 137 cm³/mol. The van der Waals surface area contributed by atoms with Crippen molar-refractivity contribution >= 4 is 12.0 Å². The summed E-state index contributed by atoms with van der Waals surface area (Å²) in [6.07, 6.45) is 0.575. The number of esters is 1. The number of benzene rings is 3. The molecular formula is C29H28N4O3. The Morgan fingerprint density at radius 1 is 0.917 bits per heavy atom. The molecule has 2 amide bonds. The average molecular weight is 481 g/mol. The Balaban J connectivity index is 1.44. The van der Waals surface area contributed by atoms with Gasteiger partial charge in [0.2, 0.25) is 0 Å². The molecule has 0 bridgehead atoms. The molecule has 7 heteroatoms. The van der Waals surface area contributed by atoms with E-state index in [0.29, 0.717) is 13.0 Å². The van der Waals surface area contributed by atoms with Crippen LogP contribution in [0.1, 0.15) is 45.8 Å². The molecule has 0 spiro atoms. The molecule has 182 valence electrons. The monoisotopic (exact) mass is 480 g/mol. The fourth-order valence-electron chi connectivity index (χ4n) is 4.60. The summed E-state index contributed by atoms with van der Waals surface area (Å²) >= 11 is 0. The molecular weight excluding hydrogens is 452 g/mol. The van der Waals surface area contributed by atoms with Crippen molar-refractivity contribution in [2.24, 2.45) is 0 Å². The van der Waals surface area contributed by atoms with Crippen LogP contribution < -0.4 is 5.32 Å². The van der Waals surface area contributed by atoms with E-state index < -0.39 is 5.97 Å². The van der Waals surface area contributed by atoms with Gasteiger partial charge >= 0.3 is 12.0 Å². The quantitative estimate of drug-likeness (QED) is 0.398. The number of carbonyl (C=O) groups excluding carboxylic acids is 2. The van der Waals surface area contributed by atoms with Crippen LogP contribution in [-0.4, -0.2) is 39.8 Å². The molecule has 0 unspecified atom stereocenters. The van der Waals surface area contributed by atoms with Gasteiger partial charge < -0.3 is 15.0 Å². The Labute approximate surface area is 210 Å². The van der Waals surface area contributed by atoms with Crippen LogP contribution >= 0.6 is 0 Å². The highest BCUT2D eigenvalue weighted by Gasteiger charge is 2.32. The van der Waals surface area contributed by atoms with Crippen LogP contribution in [0, 0.1) is 0 Å². The summed E-state index contributed by atoms with van der Waals surface area (Å²) in [5.41, 5.74) is 4.79. The third kappa shape index (κ3) is 4.73. The van der Waals surface area contributed by atoms with E-state index in [1.165, 1.54) is 0 Å². The van der Waals surface area contributed by atoms with Crippen LogP contribution in [0.4, 0.5) is 4.79 Å². The average Bonchev–Trinajstić information content (AvgIpc) is 3.32. The Morgan fingerprint density at radius 2 is 1.50 bits per heavy atom. The normalized spacial score (nSPS) is 12.8. The molecule has 2 heterocycles. The third-order valence-electron chi connectivity index (χ3n) is 6.35. The van der Waals surface area contributed by atoms with E-state index in [0.717, 1.165) is 28.1 Å². The number of urea groups is 1. The van der Waals surface area contributed by atoms with Gasteiger partial charge in [-0.1, -0.05) is 78.9 Å². The summed E-state index contributed by atoms with van der Waals surface area (Å²) in [6.45, 7) is 2.81. The molecule has 1 N–H and O–H groups in total. The fourth-order valence-corrected chi connectivity index (χ4v) is 4.60. The maximum absolute atomic E-state index is 13.5. The lowest BCUT2D eigenvalue weighted by Gasteiger charge is -2.30. The van der Waals surface area contributed by atoms with E-state index in [9.17, 15) is 9.59 Å². The molecule has 3 aromatic carbocycles. The molecule has 36 heavy (non-hydrogen) atoms. The first-order valence-electron chi connectivity index (χ1n) is 12.1. The van der Waals surface area contributed by atoms with Crippen molar-refractivity contribution in [3.63, 3.8) is 0 Å². The van der Waals surface area contributed by atoms with Crippen molar-refractivity contribution in [3.8, 4) is 5.69 Å². The first-order chi connectivity index (χ1) is 17.7. The number of ether oxygens (including phenoxy) is 1. The minimum Gasteiger partial charge on any atom is -0.461 e. The molecule has 1 aliphatic rings. The van der Waals surface area contributed by atoms with Crippen molar-refractivity contribution in [1.29, 1.82) is 0 Å². The molecule has 1 aromatic heterocycles. The molecule has 1 aliphatic heterocycles. The maximum atomic E-state index is 13.5. The summed E-state index contributed by atoms with van der Waals surface area (Å²) in [5, 5.41) is 7.82. The molecule has 4 aromatic rings. The van der Waals surface area contributed by atoms with E-state index in [2.05, 4.69) is 10.4 Å². The van der Waals surface area contributed by atoms with Crippen molar-refractivity contribution in [2.75, 3.05) is 13.2 Å². The van der Waals surface area contributed by atoms with Crippen molar-refractivity contribution in [1.82, 2.24) is 20.0 Å². The lowest BCUT2D eigenvalue weighted by atomic mass is 9.99. The van der Waals surface area contributed by atoms with Crippen molar-refractivity contribution in [2.45, 2.75) is 25.9 Å². The molecule has 0 aliphatic carbocycles. The molecule has 5 rings (SSSR count). The highest BCUT2D eigenvalue weighted by molar-refractivity contribution is 5.89. The minimum absolute atomic E-state index is 0.194. The van der Waals surface area contributed by atoms with Gasteiger partial charge in [-0.15, -0.1) is 0 Å². The second-order valence-corrected chi connectivity index (χ2v) is 8.62. The van der Waals surface area contributed by atoms with Gasteiger partial charge in [-0.25, -0.2) is 14.3 Å². The standard InChI is InChI=1S/C29H28N4O3/c1-2-36-28(34)27-24-20-32(19-18-25(24)33(31-27)23-16-10-5-11-17-23)29(35)30-26(21-12-6-3-7-13-21)22-14-8-4-9-15-22/h3-17,26H,2,18-20H2,1H3,(H,30,35). The van der Waals surface area contributed by atoms with Crippen LogP contribution in [0.3, 0.4) is 0 Å². The molecule has 7 nitrogen and oxygen atoms in total. The van der Waals surface area contributed by atoms with Gasteiger partial charge in [0.1, 0.15) is 0 Å². The van der Waals surface area contributed by atoms with E-state index in [-0.39, 0.29) is 30.9 Å². The summed E-state index contributed by atoms with van der Waals surface area (Å²) in [6, 6.07) is 29.0. The number of nitrogens with zero attached hydrogens (tertiary/aromatic N) is 3. The molecule has 0 saturated heterocycles. The van der Waals surface area contributed by atoms with Gasteiger partial charge in [-0.2, -0.15) is 5.10 Å². The Hall–Kier alpha value is -4.39. The lowest BCUT2D eigenvalue weighted by molar-refractivity contribution is 0.0516. The van der Waals surface area contributed by atoms with Gasteiger partial charge in [0.15, 0.2) is 5.69 Å². The van der Waals surface area contributed by atoms with E-state index in [4.69, 9.17) is 4.74 Å². The number of hydrogen-bond acceptors (Lipinski definition) is 4. The molecule has 0 fully saturated rings. The van der Waals surface area contributed by atoms with Gasteiger partial charge in [-0.05, 0) is 30.2 Å². The molecule has 0 atom stereocenters. The largest absolute Gasteiger partial charge is 0.461 e. The van der Waals surface area contributed by atoms with E-state index in [1.807, 2.05) is 91.0 Å². The molecule has 0 radical (unpaired) electrons. The first-order valence-corrected chi connectivity index (χ1v) is 12.1. The van der Waals surface area contributed by atoms with Gasteiger partial charge in [0.05, 0.1) is 30.6 Å². The zero-order valence-corrected chi connectivity index (χ0v) is 20.1. The zero-order chi connectivity index (χ0) is 24.9. The zero-order valence-electron chi connectivity index (χ0n) is 20.1. The second-order valence-electron chi connectivity index (χ2n) is 8.62.